The number of hydrogen-bond donors (Lipinski definition) is 4. The number of unbranched alkanes of at least 4 members (excludes halogenated alkanes) is 1. The first-order valence-corrected chi connectivity index (χ1v) is 11.0. The fourth-order valence-corrected chi connectivity index (χ4v) is 3.69. The highest BCUT2D eigenvalue weighted by Crippen LogP contribution is 2.28. The Bertz CT molecular complexity index is 717. The maximum Gasteiger partial charge on any atom is 0.327 e. The van der Waals surface area contributed by atoms with Gasteiger partial charge in [-0.05, 0) is 61.3 Å². The summed E-state index contributed by atoms with van der Waals surface area (Å²) in [4.78, 5) is 17.7. The Hall–Kier alpha value is -1.04. The standard InChI is InChI=1S/C21H29ClNO4P/c22-20-14-18(9-5-4-8-17-6-2-1-3-7-17)10-11-19(20)12-13-21(23,15-24)16-27-28(25)26/h1-3,6-7,10-11,14,24-26H,4-5,8-9,12-13,15-16,23H2. The molecule has 5 nitrogen and oxygen atoms in total. The SMILES string of the molecule is NC(CO)(CCc1ccc(CCCCc2ccccc2)cc1Cl)COP(O)O. The smallest absolute Gasteiger partial charge is 0.327 e. The highest BCUT2D eigenvalue weighted by atomic mass is 35.5. The highest BCUT2D eigenvalue weighted by molar-refractivity contribution is 7.39. The Kier molecular flexibility index (Phi) is 9.83. The van der Waals surface area contributed by atoms with Crippen LogP contribution in [0, 0.1) is 0 Å². The molecule has 2 aromatic rings. The minimum Gasteiger partial charge on any atom is -0.394 e. The van der Waals surface area contributed by atoms with Crippen molar-refractivity contribution in [2.45, 2.75) is 44.1 Å². The molecule has 7 heteroatoms. The van der Waals surface area contributed by atoms with E-state index in [4.69, 9.17) is 31.6 Å². The van der Waals surface area contributed by atoms with Gasteiger partial charge in [-0.2, -0.15) is 0 Å². The van der Waals surface area contributed by atoms with E-state index in [1.165, 1.54) is 11.1 Å². The van der Waals surface area contributed by atoms with E-state index in [2.05, 4.69) is 30.3 Å². The molecule has 0 spiro atoms. The number of aliphatic hydroxyl groups is 1. The summed E-state index contributed by atoms with van der Waals surface area (Å²) in [5, 5.41) is 10.2. The van der Waals surface area contributed by atoms with Gasteiger partial charge < -0.3 is 25.2 Å². The lowest BCUT2D eigenvalue weighted by molar-refractivity contribution is 0.117. The van der Waals surface area contributed by atoms with Crippen molar-refractivity contribution >= 4 is 20.2 Å². The number of aryl methyl sites for hydroxylation is 3. The van der Waals surface area contributed by atoms with Crippen molar-refractivity contribution in [3.63, 3.8) is 0 Å². The molecule has 0 fully saturated rings. The fraction of sp³-hybridized carbons (Fsp3) is 0.429. The van der Waals surface area contributed by atoms with Crippen LogP contribution in [0.2, 0.25) is 5.02 Å². The van der Waals surface area contributed by atoms with Crippen molar-refractivity contribution in [3.8, 4) is 0 Å². The number of nitrogens with two attached hydrogens (primary N) is 1. The first kappa shape index (κ1) is 23.2. The summed E-state index contributed by atoms with van der Waals surface area (Å²) in [6.07, 6.45) is 5.29. The Labute approximate surface area is 173 Å². The normalized spacial score (nSPS) is 13.6. The first-order valence-electron chi connectivity index (χ1n) is 9.44. The molecule has 2 rings (SSSR count). The zero-order valence-corrected chi connectivity index (χ0v) is 17.6. The second-order valence-corrected chi connectivity index (χ2v) is 8.34. The minimum atomic E-state index is -2.49. The molecule has 1 unspecified atom stereocenters. The summed E-state index contributed by atoms with van der Waals surface area (Å²) >= 11 is 6.43. The lowest BCUT2D eigenvalue weighted by Crippen LogP contribution is -2.48. The van der Waals surface area contributed by atoms with E-state index in [0.717, 1.165) is 31.2 Å². The lowest BCUT2D eigenvalue weighted by atomic mass is 9.93. The second-order valence-electron chi connectivity index (χ2n) is 7.17. The molecule has 2 aromatic carbocycles. The van der Waals surface area contributed by atoms with Gasteiger partial charge in [0.2, 0.25) is 0 Å². The highest BCUT2D eigenvalue weighted by Gasteiger charge is 2.26. The van der Waals surface area contributed by atoms with Crippen LogP contribution in [0.4, 0.5) is 0 Å². The maximum absolute atomic E-state index is 9.50. The van der Waals surface area contributed by atoms with E-state index in [9.17, 15) is 5.11 Å². The van der Waals surface area contributed by atoms with Gasteiger partial charge in [-0.1, -0.05) is 54.1 Å². The third-order valence-corrected chi connectivity index (χ3v) is 5.53. The summed E-state index contributed by atoms with van der Waals surface area (Å²) in [5.74, 6) is 0. The van der Waals surface area contributed by atoms with Crippen LogP contribution >= 0.6 is 20.2 Å². The van der Waals surface area contributed by atoms with Gasteiger partial charge in [0.15, 0.2) is 0 Å². The van der Waals surface area contributed by atoms with E-state index in [0.29, 0.717) is 17.9 Å². The average molecular weight is 426 g/mol. The first-order chi connectivity index (χ1) is 13.4. The van der Waals surface area contributed by atoms with Crippen molar-refractivity contribution in [2.75, 3.05) is 13.2 Å². The summed E-state index contributed by atoms with van der Waals surface area (Å²) in [6.45, 7) is -0.438. The van der Waals surface area contributed by atoms with Crippen LogP contribution in [0.15, 0.2) is 48.5 Å². The monoisotopic (exact) mass is 425 g/mol. The molecule has 0 aliphatic heterocycles. The molecular weight excluding hydrogens is 397 g/mol. The van der Waals surface area contributed by atoms with Gasteiger partial charge >= 0.3 is 8.60 Å². The summed E-state index contributed by atoms with van der Waals surface area (Å²) in [6, 6.07) is 16.6. The zero-order chi connectivity index (χ0) is 20.4. The fourth-order valence-electron chi connectivity index (χ4n) is 3.02. The summed E-state index contributed by atoms with van der Waals surface area (Å²) in [7, 11) is -2.49. The molecule has 154 valence electrons. The predicted molar refractivity (Wildman–Crippen MR) is 114 cm³/mol. The van der Waals surface area contributed by atoms with Crippen LogP contribution in [0.25, 0.3) is 0 Å². The van der Waals surface area contributed by atoms with Crippen molar-refractivity contribution in [2.24, 2.45) is 5.73 Å². The Balaban J connectivity index is 1.80. The minimum absolute atomic E-state index is 0.126. The van der Waals surface area contributed by atoms with Crippen molar-refractivity contribution in [1.82, 2.24) is 0 Å². The van der Waals surface area contributed by atoms with Gasteiger partial charge in [-0.15, -0.1) is 0 Å². The number of hydrogen-bond acceptors (Lipinski definition) is 5. The van der Waals surface area contributed by atoms with Gasteiger partial charge in [-0.3, -0.25) is 0 Å². The topological polar surface area (TPSA) is 95.9 Å². The third-order valence-electron chi connectivity index (χ3n) is 4.82. The van der Waals surface area contributed by atoms with Crippen molar-refractivity contribution in [1.29, 1.82) is 0 Å². The maximum atomic E-state index is 9.50. The zero-order valence-electron chi connectivity index (χ0n) is 15.9. The summed E-state index contributed by atoms with van der Waals surface area (Å²) < 4.78 is 4.78. The lowest BCUT2D eigenvalue weighted by Gasteiger charge is -2.27. The Morgan fingerprint density at radius 3 is 2.25 bits per heavy atom. The van der Waals surface area contributed by atoms with Crippen LogP contribution in [-0.4, -0.2) is 33.6 Å². The molecule has 0 amide bonds. The van der Waals surface area contributed by atoms with Crippen LogP contribution < -0.4 is 5.73 Å². The van der Waals surface area contributed by atoms with Crippen molar-refractivity contribution < 1.29 is 19.4 Å². The van der Waals surface area contributed by atoms with E-state index < -0.39 is 14.1 Å². The number of benzene rings is 2. The van der Waals surface area contributed by atoms with Crippen molar-refractivity contribution in [3.05, 3.63) is 70.2 Å². The predicted octanol–water partition coefficient (Wildman–Crippen LogP) is 3.76. The van der Waals surface area contributed by atoms with Crippen LogP contribution in [0.3, 0.4) is 0 Å². The van der Waals surface area contributed by atoms with Gasteiger partial charge in [0.1, 0.15) is 0 Å². The average Bonchev–Trinajstić information content (AvgIpc) is 2.70. The largest absolute Gasteiger partial charge is 0.394 e. The number of aliphatic hydroxyl groups excluding tert-OH is 1. The molecule has 0 aromatic heterocycles. The van der Waals surface area contributed by atoms with Crippen LogP contribution in [0.5, 0.6) is 0 Å². The number of halogens is 1. The molecule has 0 aliphatic carbocycles. The van der Waals surface area contributed by atoms with Gasteiger partial charge in [0, 0.05) is 5.02 Å². The van der Waals surface area contributed by atoms with E-state index >= 15 is 0 Å². The molecule has 0 heterocycles. The molecule has 5 N–H and O–H groups in total. The van der Waals surface area contributed by atoms with Gasteiger partial charge in [0.25, 0.3) is 0 Å². The van der Waals surface area contributed by atoms with E-state index in [1.54, 1.807) is 0 Å². The molecule has 0 aliphatic rings. The number of rotatable bonds is 12. The molecule has 0 saturated heterocycles. The third kappa shape index (κ3) is 8.14. The molecular formula is C21H29ClNO4P. The molecule has 0 radical (unpaired) electrons. The van der Waals surface area contributed by atoms with Crippen LogP contribution in [0.1, 0.15) is 36.0 Å². The van der Waals surface area contributed by atoms with E-state index in [-0.39, 0.29) is 13.2 Å². The van der Waals surface area contributed by atoms with Gasteiger partial charge in [-0.25, -0.2) is 0 Å². The van der Waals surface area contributed by atoms with Crippen LogP contribution in [-0.2, 0) is 23.8 Å². The van der Waals surface area contributed by atoms with E-state index in [1.807, 2.05) is 18.2 Å². The Morgan fingerprint density at radius 1 is 0.964 bits per heavy atom. The molecule has 28 heavy (non-hydrogen) atoms. The summed E-state index contributed by atoms with van der Waals surface area (Å²) in [5.41, 5.74) is 8.56. The molecule has 0 saturated carbocycles. The second kappa shape index (κ2) is 11.8. The quantitative estimate of drug-likeness (QED) is 0.307. The molecule has 1 atom stereocenters. The Morgan fingerprint density at radius 2 is 1.64 bits per heavy atom. The van der Waals surface area contributed by atoms with Gasteiger partial charge in [0.05, 0.1) is 18.8 Å². The molecule has 0 bridgehead atoms.